The first-order chi connectivity index (χ1) is 10.7. The fourth-order valence-electron chi connectivity index (χ4n) is 2.36. The Labute approximate surface area is 136 Å². The maximum absolute atomic E-state index is 12.8. The number of benzene rings is 1. The molecule has 2 rings (SSSR count). The summed E-state index contributed by atoms with van der Waals surface area (Å²) in [6.07, 6.45) is -3.03. The number of anilines is 1. The second-order valence-corrected chi connectivity index (χ2v) is 6.03. The number of halogens is 4. The van der Waals surface area contributed by atoms with Gasteiger partial charge in [0.25, 0.3) is 0 Å². The van der Waals surface area contributed by atoms with Gasteiger partial charge in [-0.1, -0.05) is 18.5 Å². The number of piperidine rings is 1. The van der Waals surface area contributed by atoms with E-state index in [1.54, 1.807) is 0 Å². The Kier molecular flexibility index (Phi) is 5.19. The normalized spacial score (nSPS) is 16.3. The first-order valence-electron chi connectivity index (χ1n) is 7.15. The van der Waals surface area contributed by atoms with Gasteiger partial charge in [-0.2, -0.15) is 13.2 Å². The molecule has 8 heteroatoms. The molecule has 0 saturated carbocycles. The lowest BCUT2D eigenvalue weighted by Crippen LogP contribution is -2.43. The fraction of sp³-hybridized carbons (Fsp3) is 0.467. The van der Waals surface area contributed by atoms with Crippen molar-refractivity contribution in [2.45, 2.75) is 25.9 Å². The smallest absolute Gasteiger partial charge is 0.334 e. The quantitative estimate of drug-likeness (QED) is 0.789. The van der Waals surface area contributed by atoms with Gasteiger partial charge in [-0.25, -0.2) is 0 Å². The van der Waals surface area contributed by atoms with Gasteiger partial charge in [-0.15, -0.1) is 0 Å². The summed E-state index contributed by atoms with van der Waals surface area (Å²) in [5, 5.41) is 1.74. The summed E-state index contributed by atoms with van der Waals surface area (Å²) in [5.74, 6) is -1.19. The highest BCUT2D eigenvalue weighted by atomic mass is 35.5. The Morgan fingerprint density at radius 3 is 2.43 bits per heavy atom. The predicted octanol–water partition coefficient (Wildman–Crippen LogP) is 3.56. The molecule has 1 aliphatic rings. The van der Waals surface area contributed by atoms with Crippen LogP contribution in [0.2, 0.25) is 5.02 Å². The second-order valence-electron chi connectivity index (χ2n) is 5.62. The molecule has 1 saturated heterocycles. The molecule has 4 nitrogen and oxygen atoms in total. The van der Waals surface area contributed by atoms with Crippen LogP contribution in [0, 0.1) is 5.92 Å². The summed E-state index contributed by atoms with van der Waals surface area (Å²) in [6, 6.07) is 2.97. The number of likely N-dealkylation sites (tertiary alicyclic amines) is 1. The molecule has 0 aromatic heterocycles. The fourth-order valence-corrected chi connectivity index (χ4v) is 2.58. The van der Waals surface area contributed by atoms with Crippen molar-refractivity contribution in [1.29, 1.82) is 0 Å². The van der Waals surface area contributed by atoms with Gasteiger partial charge in [0, 0.05) is 18.8 Å². The number of nitrogens with zero attached hydrogens (tertiary/aromatic N) is 1. The van der Waals surface area contributed by atoms with E-state index in [2.05, 4.69) is 12.2 Å². The minimum Gasteiger partial charge on any atom is -0.334 e. The monoisotopic (exact) mass is 348 g/mol. The molecule has 0 unspecified atom stereocenters. The molecular weight excluding hydrogens is 333 g/mol. The molecule has 0 aliphatic carbocycles. The maximum Gasteiger partial charge on any atom is 0.417 e. The number of amides is 2. The Balaban J connectivity index is 2.07. The van der Waals surface area contributed by atoms with Crippen molar-refractivity contribution in [2.24, 2.45) is 5.92 Å². The van der Waals surface area contributed by atoms with Crippen molar-refractivity contribution in [2.75, 3.05) is 18.4 Å². The lowest BCUT2D eigenvalue weighted by Gasteiger charge is -2.29. The molecule has 1 N–H and O–H groups in total. The zero-order valence-electron chi connectivity index (χ0n) is 12.4. The van der Waals surface area contributed by atoms with E-state index in [9.17, 15) is 22.8 Å². The van der Waals surface area contributed by atoms with Crippen LogP contribution in [0.25, 0.3) is 0 Å². The van der Waals surface area contributed by atoms with Crippen molar-refractivity contribution in [1.82, 2.24) is 4.90 Å². The zero-order chi connectivity index (χ0) is 17.2. The standard InChI is InChI=1S/C15H16ClF3N2O2/c1-9-4-6-21(7-5-9)14(23)13(22)20-10-2-3-12(16)11(8-10)15(17,18)19/h2-3,8-9H,4-7H2,1H3,(H,20,22). The van der Waals surface area contributed by atoms with Crippen LogP contribution in [0.15, 0.2) is 18.2 Å². The molecule has 0 atom stereocenters. The van der Waals surface area contributed by atoms with Crippen LogP contribution < -0.4 is 5.32 Å². The number of hydrogen-bond acceptors (Lipinski definition) is 2. The molecule has 23 heavy (non-hydrogen) atoms. The van der Waals surface area contributed by atoms with Gasteiger partial charge >= 0.3 is 18.0 Å². The van der Waals surface area contributed by atoms with Crippen LogP contribution >= 0.6 is 11.6 Å². The van der Waals surface area contributed by atoms with Crippen LogP contribution in [-0.4, -0.2) is 29.8 Å². The SMILES string of the molecule is CC1CCN(C(=O)C(=O)Nc2ccc(Cl)c(C(F)(F)F)c2)CC1. The molecule has 0 bridgehead atoms. The average Bonchev–Trinajstić information content (AvgIpc) is 2.48. The number of rotatable bonds is 1. The summed E-state index contributed by atoms with van der Waals surface area (Å²) in [5.41, 5.74) is -1.18. The van der Waals surface area contributed by atoms with E-state index in [1.807, 2.05) is 0 Å². The number of carbonyl (C=O) groups is 2. The van der Waals surface area contributed by atoms with Crippen molar-refractivity contribution < 1.29 is 22.8 Å². The minimum absolute atomic E-state index is 0.120. The lowest BCUT2D eigenvalue weighted by molar-refractivity contribution is -0.144. The molecule has 1 aromatic carbocycles. The predicted molar refractivity (Wildman–Crippen MR) is 80.1 cm³/mol. The van der Waals surface area contributed by atoms with E-state index in [-0.39, 0.29) is 5.69 Å². The topological polar surface area (TPSA) is 49.4 Å². The highest BCUT2D eigenvalue weighted by Crippen LogP contribution is 2.36. The summed E-state index contributed by atoms with van der Waals surface area (Å²) < 4.78 is 38.3. The maximum atomic E-state index is 12.8. The largest absolute Gasteiger partial charge is 0.417 e. The van der Waals surface area contributed by atoms with Gasteiger partial charge in [-0.05, 0) is 37.0 Å². The number of hydrogen-bond donors (Lipinski definition) is 1. The van der Waals surface area contributed by atoms with E-state index in [4.69, 9.17) is 11.6 Å². The molecule has 1 fully saturated rings. The van der Waals surface area contributed by atoms with Crippen LogP contribution in [0.4, 0.5) is 18.9 Å². The van der Waals surface area contributed by atoms with Crippen molar-refractivity contribution in [3.8, 4) is 0 Å². The Morgan fingerprint density at radius 1 is 1.26 bits per heavy atom. The van der Waals surface area contributed by atoms with E-state index in [1.165, 1.54) is 11.0 Å². The highest BCUT2D eigenvalue weighted by Gasteiger charge is 2.34. The second kappa shape index (κ2) is 6.78. The summed E-state index contributed by atoms with van der Waals surface area (Å²) >= 11 is 5.51. The van der Waals surface area contributed by atoms with Crippen molar-refractivity contribution >= 4 is 29.1 Å². The van der Waals surface area contributed by atoms with Crippen LogP contribution in [-0.2, 0) is 15.8 Å². The molecule has 1 aromatic rings. The highest BCUT2D eigenvalue weighted by molar-refractivity contribution is 6.39. The third kappa shape index (κ3) is 4.37. The first-order valence-corrected chi connectivity index (χ1v) is 7.53. The number of carbonyl (C=O) groups excluding carboxylic acids is 2. The summed E-state index contributed by atoms with van der Waals surface area (Å²) in [7, 11) is 0. The third-order valence-corrected chi connectivity index (χ3v) is 4.12. The van der Waals surface area contributed by atoms with E-state index in [0.717, 1.165) is 18.9 Å². The van der Waals surface area contributed by atoms with Gasteiger partial charge in [0.05, 0.1) is 10.6 Å². The van der Waals surface area contributed by atoms with E-state index < -0.39 is 28.6 Å². The molecule has 2 amide bonds. The van der Waals surface area contributed by atoms with E-state index in [0.29, 0.717) is 25.1 Å². The van der Waals surface area contributed by atoms with Crippen LogP contribution in [0.3, 0.4) is 0 Å². The Bertz CT molecular complexity index is 611. The van der Waals surface area contributed by atoms with Crippen LogP contribution in [0.5, 0.6) is 0 Å². The number of alkyl halides is 3. The van der Waals surface area contributed by atoms with Gasteiger partial charge in [-0.3, -0.25) is 9.59 Å². The van der Waals surface area contributed by atoms with Gasteiger partial charge in [0.15, 0.2) is 0 Å². The molecule has 0 radical (unpaired) electrons. The molecule has 0 spiro atoms. The first kappa shape index (κ1) is 17.6. The van der Waals surface area contributed by atoms with Gasteiger partial charge in [0.1, 0.15) is 0 Å². The van der Waals surface area contributed by atoms with E-state index >= 15 is 0 Å². The third-order valence-electron chi connectivity index (χ3n) is 3.79. The molecule has 126 valence electrons. The average molecular weight is 349 g/mol. The Morgan fingerprint density at radius 2 is 1.87 bits per heavy atom. The molecular formula is C15H16ClF3N2O2. The minimum atomic E-state index is -4.63. The van der Waals surface area contributed by atoms with Crippen molar-refractivity contribution in [3.63, 3.8) is 0 Å². The van der Waals surface area contributed by atoms with Gasteiger partial charge in [0.2, 0.25) is 0 Å². The van der Waals surface area contributed by atoms with Crippen LogP contribution in [0.1, 0.15) is 25.3 Å². The summed E-state index contributed by atoms with van der Waals surface area (Å²) in [6.45, 7) is 3.01. The zero-order valence-corrected chi connectivity index (χ0v) is 13.2. The number of nitrogens with one attached hydrogen (secondary N) is 1. The Hall–Kier alpha value is -1.76. The summed E-state index contributed by atoms with van der Waals surface area (Å²) in [4.78, 5) is 25.4. The molecule has 1 heterocycles. The van der Waals surface area contributed by atoms with Crippen molar-refractivity contribution in [3.05, 3.63) is 28.8 Å². The lowest BCUT2D eigenvalue weighted by atomic mass is 9.99. The molecule has 1 aliphatic heterocycles. The van der Waals surface area contributed by atoms with Gasteiger partial charge < -0.3 is 10.2 Å².